The lowest BCUT2D eigenvalue weighted by molar-refractivity contribution is 0.102. The van der Waals surface area contributed by atoms with Crippen LogP contribution in [-0.2, 0) is 6.54 Å². The molecular formula is C24H22ClFN6O. The molecule has 2 heterocycles. The maximum absolute atomic E-state index is 14.1. The van der Waals surface area contributed by atoms with Crippen molar-refractivity contribution in [2.45, 2.75) is 13.5 Å². The molecule has 0 saturated carbocycles. The number of aryl methyl sites for hydroxylation is 1. The first-order chi connectivity index (χ1) is 15.8. The lowest BCUT2D eigenvalue weighted by Gasteiger charge is -2.16. The van der Waals surface area contributed by atoms with E-state index >= 15 is 0 Å². The second-order valence-electron chi connectivity index (χ2n) is 7.71. The molecule has 0 radical (unpaired) electrons. The van der Waals surface area contributed by atoms with E-state index in [-0.39, 0.29) is 11.7 Å². The van der Waals surface area contributed by atoms with Crippen LogP contribution < -0.4 is 15.5 Å². The van der Waals surface area contributed by atoms with E-state index in [4.69, 9.17) is 11.6 Å². The van der Waals surface area contributed by atoms with Gasteiger partial charge in [-0.25, -0.2) is 14.4 Å². The zero-order chi connectivity index (χ0) is 23.5. The van der Waals surface area contributed by atoms with Crippen LogP contribution in [0.15, 0.2) is 54.7 Å². The summed E-state index contributed by atoms with van der Waals surface area (Å²) in [6.07, 6.45) is 1.43. The van der Waals surface area contributed by atoms with E-state index in [1.54, 1.807) is 30.0 Å². The number of carbonyl (C=O) groups excluding carboxylic acids is 1. The number of anilines is 3. The summed E-state index contributed by atoms with van der Waals surface area (Å²) in [4.78, 5) is 27.1. The van der Waals surface area contributed by atoms with Gasteiger partial charge in [-0.1, -0.05) is 23.7 Å². The molecule has 2 N–H and O–H groups in total. The van der Waals surface area contributed by atoms with Crippen molar-refractivity contribution < 1.29 is 9.18 Å². The monoisotopic (exact) mass is 464 g/mol. The van der Waals surface area contributed by atoms with Gasteiger partial charge in [-0.3, -0.25) is 4.79 Å². The first kappa shape index (κ1) is 22.4. The fourth-order valence-electron chi connectivity index (χ4n) is 3.24. The Labute approximate surface area is 195 Å². The minimum atomic E-state index is -0.302. The van der Waals surface area contributed by atoms with Gasteiger partial charge in [-0.2, -0.15) is 4.98 Å². The first-order valence-corrected chi connectivity index (χ1v) is 10.6. The number of nitrogens with one attached hydrogen (secondary N) is 2. The maximum Gasteiger partial charge on any atom is 0.257 e. The molecule has 0 saturated heterocycles. The molecule has 4 aromatic rings. The summed E-state index contributed by atoms with van der Waals surface area (Å²) in [5.41, 5.74) is 3.12. The first-order valence-electron chi connectivity index (χ1n) is 10.2. The third-order valence-corrected chi connectivity index (χ3v) is 5.33. The van der Waals surface area contributed by atoms with Gasteiger partial charge in [-0.15, -0.1) is 0 Å². The number of benzene rings is 2. The molecule has 0 atom stereocenters. The van der Waals surface area contributed by atoms with Crippen molar-refractivity contribution in [2.75, 3.05) is 29.6 Å². The van der Waals surface area contributed by atoms with E-state index in [9.17, 15) is 9.18 Å². The summed E-state index contributed by atoms with van der Waals surface area (Å²) in [5, 5.41) is 7.24. The summed E-state index contributed by atoms with van der Waals surface area (Å²) < 4.78 is 14.1. The van der Waals surface area contributed by atoms with Crippen molar-refractivity contribution >= 4 is 45.9 Å². The molecule has 168 valence electrons. The van der Waals surface area contributed by atoms with E-state index < -0.39 is 0 Å². The number of pyridine rings is 1. The number of hydrogen-bond donors (Lipinski definition) is 2. The van der Waals surface area contributed by atoms with Crippen molar-refractivity contribution in [1.82, 2.24) is 15.0 Å². The Morgan fingerprint density at radius 3 is 2.48 bits per heavy atom. The Kier molecular flexibility index (Phi) is 6.37. The number of rotatable bonds is 6. The molecule has 9 heteroatoms. The number of nitrogens with zero attached hydrogens (tertiary/aromatic N) is 4. The molecular weight excluding hydrogens is 443 g/mol. The number of aromatic nitrogens is 3. The highest BCUT2D eigenvalue weighted by molar-refractivity contribution is 6.29. The van der Waals surface area contributed by atoms with Crippen molar-refractivity contribution in [3.63, 3.8) is 0 Å². The van der Waals surface area contributed by atoms with Crippen LogP contribution in [0.5, 0.6) is 0 Å². The zero-order valence-corrected chi connectivity index (χ0v) is 19.1. The zero-order valence-electron chi connectivity index (χ0n) is 18.4. The second-order valence-corrected chi connectivity index (χ2v) is 8.10. The van der Waals surface area contributed by atoms with Gasteiger partial charge in [0, 0.05) is 43.5 Å². The van der Waals surface area contributed by atoms with Gasteiger partial charge >= 0.3 is 0 Å². The number of carbonyl (C=O) groups is 1. The Bertz CT molecular complexity index is 1310. The number of fused-ring (bicyclic) bond motifs is 1. The second kappa shape index (κ2) is 9.38. The lowest BCUT2D eigenvalue weighted by Crippen LogP contribution is -2.15. The van der Waals surface area contributed by atoms with Crippen LogP contribution in [-0.4, -0.2) is 35.0 Å². The van der Waals surface area contributed by atoms with Crippen molar-refractivity contribution in [1.29, 1.82) is 0 Å². The molecule has 33 heavy (non-hydrogen) atoms. The minimum absolute atomic E-state index is 0.267. The van der Waals surface area contributed by atoms with Crippen molar-refractivity contribution in [3.8, 4) is 0 Å². The van der Waals surface area contributed by atoms with Gasteiger partial charge in [0.1, 0.15) is 16.8 Å². The quantitative estimate of drug-likeness (QED) is 0.388. The third kappa shape index (κ3) is 5.01. The predicted octanol–water partition coefficient (Wildman–Crippen LogP) is 5.06. The van der Waals surface area contributed by atoms with E-state index in [1.807, 2.05) is 38.4 Å². The lowest BCUT2D eigenvalue weighted by atomic mass is 10.1. The van der Waals surface area contributed by atoms with E-state index in [0.29, 0.717) is 45.8 Å². The maximum atomic E-state index is 14.1. The third-order valence-electron chi connectivity index (χ3n) is 5.10. The van der Waals surface area contributed by atoms with Crippen LogP contribution in [0.2, 0.25) is 5.15 Å². The summed E-state index contributed by atoms with van der Waals surface area (Å²) in [6, 6.07) is 13.7. The Hall–Kier alpha value is -3.78. The highest BCUT2D eigenvalue weighted by Gasteiger charge is 2.13. The average molecular weight is 465 g/mol. The fourth-order valence-corrected chi connectivity index (χ4v) is 3.35. The summed E-state index contributed by atoms with van der Waals surface area (Å²) >= 11 is 5.76. The van der Waals surface area contributed by atoms with Gasteiger partial charge < -0.3 is 15.5 Å². The van der Waals surface area contributed by atoms with Crippen LogP contribution in [0, 0.1) is 12.7 Å². The summed E-state index contributed by atoms with van der Waals surface area (Å²) in [5.74, 6) is 0.549. The van der Waals surface area contributed by atoms with Gasteiger partial charge in [-0.05, 0) is 48.9 Å². The molecule has 0 spiro atoms. The van der Waals surface area contributed by atoms with E-state index in [2.05, 4.69) is 25.6 Å². The predicted molar refractivity (Wildman–Crippen MR) is 130 cm³/mol. The van der Waals surface area contributed by atoms with Crippen LogP contribution >= 0.6 is 11.6 Å². The Morgan fingerprint density at radius 2 is 1.82 bits per heavy atom. The number of halogens is 2. The minimum Gasteiger partial charge on any atom is -0.365 e. The molecule has 0 aliphatic rings. The van der Waals surface area contributed by atoms with Gasteiger partial charge in [0.25, 0.3) is 5.91 Å². The topological polar surface area (TPSA) is 83.0 Å². The van der Waals surface area contributed by atoms with Crippen LogP contribution in [0.25, 0.3) is 10.9 Å². The Balaban J connectivity index is 1.50. The van der Waals surface area contributed by atoms with Gasteiger partial charge in [0.05, 0.1) is 11.1 Å². The Morgan fingerprint density at radius 1 is 1.06 bits per heavy atom. The van der Waals surface area contributed by atoms with Crippen LogP contribution in [0.4, 0.5) is 21.8 Å². The molecule has 0 bridgehead atoms. The standard InChI is InChI=1S/C24H22ClFN6O/c1-14-19(26)10-9-18-21(14)30-24(32(2)3)31-22(18)28-12-15-4-7-17(8-5-15)29-23(33)16-6-11-20(25)27-13-16/h4-11,13H,12H2,1-3H3,(H,29,33)(H,28,30,31). The number of amides is 1. The summed E-state index contributed by atoms with van der Waals surface area (Å²) in [6.45, 7) is 2.20. The van der Waals surface area contributed by atoms with E-state index in [1.165, 1.54) is 12.3 Å². The molecule has 0 fully saturated rings. The average Bonchev–Trinajstić information content (AvgIpc) is 2.81. The molecule has 4 rings (SSSR count). The molecule has 0 aliphatic carbocycles. The smallest absolute Gasteiger partial charge is 0.257 e. The largest absolute Gasteiger partial charge is 0.365 e. The van der Waals surface area contributed by atoms with Gasteiger partial charge in [0.15, 0.2) is 0 Å². The normalized spacial score (nSPS) is 10.8. The van der Waals surface area contributed by atoms with Crippen LogP contribution in [0.1, 0.15) is 21.5 Å². The molecule has 7 nitrogen and oxygen atoms in total. The molecule has 2 aromatic carbocycles. The van der Waals surface area contributed by atoms with Crippen molar-refractivity contribution in [2.24, 2.45) is 0 Å². The number of hydrogen-bond acceptors (Lipinski definition) is 6. The molecule has 1 amide bonds. The molecule has 0 aliphatic heterocycles. The van der Waals surface area contributed by atoms with Gasteiger partial charge in [0.2, 0.25) is 5.95 Å². The van der Waals surface area contributed by atoms with E-state index in [0.717, 1.165) is 10.9 Å². The highest BCUT2D eigenvalue weighted by atomic mass is 35.5. The highest BCUT2D eigenvalue weighted by Crippen LogP contribution is 2.27. The summed E-state index contributed by atoms with van der Waals surface area (Å²) in [7, 11) is 3.68. The molecule has 2 aromatic heterocycles. The molecule has 0 unspecified atom stereocenters. The van der Waals surface area contributed by atoms with Crippen LogP contribution in [0.3, 0.4) is 0 Å². The SMILES string of the molecule is Cc1c(F)ccc2c(NCc3ccc(NC(=O)c4ccc(Cl)nc4)cc3)nc(N(C)C)nc12. The fraction of sp³-hybridized carbons (Fsp3) is 0.167. The van der Waals surface area contributed by atoms with Crippen molar-refractivity contribution in [3.05, 3.63) is 82.4 Å².